The molecular weight excluding hydrogens is 468 g/mol. The standard InChI is InChI=1S/C29H60O4Si2/c1-9-10-11-16-19-22-27(32-34(3,4)5)25-26-28(33-35(6,7)8)23-20-17-14-12-13-15-18-21-24-29(30)31-2/h25-28H,9-24H2,1-8H3/b26-25+/t27-,28+/m0/s1. The highest BCUT2D eigenvalue weighted by Crippen LogP contribution is 2.20. The normalized spacial score (nSPS) is 14.4. The van der Waals surface area contributed by atoms with Gasteiger partial charge in [-0.2, -0.15) is 0 Å². The second-order valence-corrected chi connectivity index (χ2v) is 21.0. The van der Waals surface area contributed by atoms with Gasteiger partial charge in [-0.1, -0.05) is 96.1 Å². The Labute approximate surface area is 221 Å². The van der Waals surface area contributed by atoms with Crippen molar-refractivity contribution >= 4 is 22.6 Å². The number of methoxy groups -OCH3 is 1. The van der Waals surface area contributed by atoms with Gasteiger partial charge in [0.2, 0.25) is 0 Å². The Morgan fingerprint density at radius 1 is 0.629 bits per heavy atom. The van der Waals surface area contributed by atoms with Gasteiger partial charge in [0.1, 0.15) is 0 Å². The molecule has 0 rings (SSSR count). The molecule has 0 heterocycles. The highest BCUT2D eigenvalue weighted by molar-refractivity contribution is 6.70. The SMILES string of the molecule is CCCCCCC[C@@H](/C=C/[C@@H](CCCCCCCCCCC(=O)OC)O[Si](C)(C)C)O[Si](C)(C)C. The summed E-state index contributed by atoms with van der Waals surface area (Å²) in [6, 6.07) is 0. The van der Waals surface area contributed by atoms with Crippen LogP contribution in [0.25, 0.3) is 0 Å². The fraction of sp³-hybridized carbons (Fsp3) is 0.897. The van der Waals surface area contributed by atoms with Gasteiger partial charge in [0, 0.05) is 6.42 Å². The van der Waals surface area contributed by atoms with Crippen LogP contribution in [0.3, 0.4) is 0 Å². The maximum atomic E-state index is 11.1. The lowest BCUT2D eigenvalue weighted by molar-refractivity contribution is -0.140. The number of esters is 1. The molecule has 0 radical (unpaired) electrons. The Hall–Kier alpha value is -0.436. The van der Waals surface area contributed by atoms with Crippen molar-refractivity contribution in [1.82, 2.24) is 0 Å². The Kier molecular flexibility index (Phi) is 20.3. The van der Waals surface area contributed by atoms with Crippen LogP contribution in [0.1, 0.15) is 110 Å². The predicted molar refractivity (Wildman–Crippen MR) is 157 cm³/mol. The molecule has 0 spiro atoms. The van der Waals surface area contributed by atoms with Crippen molar-refractivity contribution in [3.8, 4) is 0 Å². The zero-order valence-corrected chi connectivity index (χ0v) is 26.8. The van der Waals surface area contributed by atoms with Crippen LogP contribution in [0.15, 0.2) is 12.2 Å². The highest BCUT2D eigenvalue weighted by Gasteiger charge is 2.22. The van der Waals surface area contributed by atoms with E-state index in [-0.39, 0.29) is 18.2 Å². The molecule has 0 aliphatic rings. The zero-order chi connectivity index (χ0) is 26.6. The smallest absolute Gasteiger partial charge is 0.305 e. The van der Waals surface area contributed by atoms with Crippen LogP contribution < -0.4 is 0 Å². The molecule has 0 aromatic rings. The van der Waals surface area contributed by atoms with Gasteiger partial charge < -0.3 is 13.6 Å². The van der Waals surface area contributed by atoms with E-state index in [1.54, 1.807) is 0 Å². The molecule has 35 heavy (non-hydrogen) atoms. The number of rotatable bonds is 23. The van der Waals surface area contributed by atoms with Gasteiger partial charge in [-0.15, -0.1) is 0 Å². The van der Waals surface area contributed by atoms with Gasteiger partial charge in [0.15, 0.2) is 16.6 Å². The van der Waals surface area contributed by atoms with E-state index < -0.39 is 16.6 Å². The largest absolute Gasteiger partial charge is 0.469 e. The van der Waals surface area contributed by atoms with Crippen molar-refractivity contribution in [3.63, 3.8) is 0 Å². The second kappa shape index (κ2) is 20.6. The second-order valence-electron chi connectivity index (χ2n) is 12.1. The zero-order valence-electron chi connectivity index (χ0n) is 24.8. The number of hydrogen-bond donors (Lipinski definition) is 0. The molecule has 0 fully saturated rings. The predicted octanol–water partition coefficient (Wildman–Crippen LogP) is 9.42. The number of hydrogen-bond acceptors (Lipinski definition) is 4. The van der Waals surface area contributed by atoms with Crippen molar-refractivity contribution in [2.75, 3.05) is 7.11 Å². The Morgan fingerprint density at radius 2 is 1.00 bits per heavy atom. The molecule has 0 unspecified atom stereocenters. The van der Waals surface area contributed by atoms with Crippen LogP contribution in [-0.4, -0.2) is 41.9 Å². The first-order valence-corrected chi connectivity index (χ1v) is 21.4. The van der Waals surface area contributed by atoms with E-state index in [1.165, 1.54) is 77.7 Å². The summed E-state index contributed by atoms with van der Waals surface area (Å²) in [5.41, 5.74) is 0. The molecule has 0 aliphatic heterocycles. The van der Waals surface area contributed by atoms with Gasteiger partial charge in [0.25, 0.3) is 0 Å². The molecule has 0 N–H and O–H groups in total. The lowest BCUT2D eigenvalue weighted by Gasteiger charge is -2.27. The van der Waals surface area contributed by atoms with E-state index in [1.807, 2.05) is 0 Å². The van der Waals surface area contributed by atoms with Gasteiger partial charge in [-0.25, -0.2) is 0 Å². The van der Waals surface area contributed by atoms with Crippen LogP contribution in [0, 0.1) is 0 Å². The summed E-state index contributed by atoms with van der Waals surface area (Å²) in [7, 11) is -1.72. The summed E-state index contributed by atoms with van der Waals surface area (Å²) < 4.78 is 17.8. The van der Waals surface area contributed by atoms with Crippen molar-refractivity contribution in [2.24, 2.45) is 0 Å². The van der Waals surface area contributed by atoms with Crippen molar-refractivity contribution in [2.45, 2.75) is 161 Å². The highest BCUT2D eigenvalue weighted by atomic mass is 28.4. The summed E-state index contributed by atoms with van der Waals surface area (Å²) in [4.78, 5) is 11.1. The van der Waals surface area contributed by atoms with Crippen LogP contribution in [0.5, 0.6) is 0 Å². The lowest BCUT2D eigenvalue weighted by Crippen LogP contribution is -2.33. The molecule has 0 aromatic carbocycles. The van der Waals surface area contributed by atoms with E-state index in [0.29, 0.717) is 6.42 Å². The molecule has 0 saturated heterocycles. The van der Waals surface area contributed by atoms with E-state index >= 15 is 0 Å². The van der Waals surface area contributed by atoms with E-state index in [2.05, 4.69) is 58.4 Å². The Balaban J connectivity index is 4.48. The minimum absolute atomic E-state index is 0.0838. The molecule has 0 bridgehead atoms. The monoisotopic (exact) mass is 528 g/mol. The molecule has 208 valence electrons. The number of carbonyl (C=O) groups is 1. The molecule has 0 aromatic heterocycles. The number of carbonyl (C=O) groups excluding carboxylic acids is 1. The first-order valence-electron chi connectivity index (χ1n) is 14.6. The van der Waals surface area contributed by atoms with Crippen LogP contribution in [0.4, 0.5) is 0 Å². The molecule has 0 aliphatic carbocycles. The summed E-state index contributed by atoms with van der Waals surface area (Å²) in [5, 5.41) is 0. The molecular formula is C29H60O4Si2. The van der Waals surface area contributed by atoms with Crippen molar-refractivity contribution in [3.05, 3.63) is 12.2 Å². The molecule has 6 heteroatoms. The third-order valence-corrected chi connectivity index (χ3v) is 8.01. The third-order valence-electron chi connectivity index (χ3n) is 5.99. The quantitative estimate of drug-likeness (QED) is 0.0573. The number of ether oxygens (including phenoxy) is 1. The van der Waals surface area contributed by atoms with Crippen LogP contribution in [0.2, 0.25) is 39.3 Å². The first kappa shape index (κ1) is 34.6. The Morgan fingerprint density at radius 3 is 1.37 bits per heavy atom. The molecule has 0 saturated carbocycles. The Bertz CT molecular complexity index is 538. The minimum atomic E-state index is -1.60. The molecule has 2 atom stereocenters. The fourth-order valence-corrected chi connectivity index (χ4v) is 6.48. The average molecular weight is 529 g/mol. The van der Waals surface area contributed by atoms with E-state index in [9.17, 15) is 4.79 Å². The van der Waals surface area contributed by atoms with Crippen molar-refractivity contribution < 1.29 is 18.4 Å². The molecule has 4 nitrogen and oxygen atoms in total. The summed E-state index contributed by atoms with van der Waals surface area (Å²) in [5.74, 6) is -0.0838. The average Bonchev–Trinajstić information content (AvgIpc) is 2.75. The summed E-state index contributed by atoms with van der Waals surface area (Å²) in [6.45, 7) is 16.0. The topological polar surface area (TPSA) is 44.8 Å². The van der Waals surface area contributed by atoms with Gasteiger partial charge >= 0.3 is 5.97 Å². The third kappa shape index (κ3) is 25.0. The summed E-state index contributed by atoms with van der Waals surface area (Å²) >= 11 is 0. The van der Waals surface area contributed by atoms with E-state index in [4.69, 9.17) is 13.6 Å². The van der Waals surface area contributed by atoms with Gasteiger partial charge in [-0.05, 0) is 58.5 Å². The van der Waals surface area contributed by atoms with Crippen molar-refractivity contribution in [1.29, 1.82) is 0 Å². The molecule has 0 amide bonds. The minimum Gasteiger partial charge on any atom is -0.469 e. The van der Waals surface area contributed by atoms with Crippen LogP contribution in [-0.2, 0) is 18.4 Å². The van der Waals surface area contributed by atoms with Gasteiger partial charge in [-0.3, -0.25) is 4.79 Å². The van der Waals surface area contributed by atoms with Crippen LogP contribution >= 0.6 is 0 Å². The number of unbranched alkanes of at least 4 members (excludes halogenated alkanes) is 11. The first-order chi connectivity index (χ1) is 16.5. The lowest BCUT2D eigenvalue weighted by atomic mass is 10.0. The van der Waals surface area contributed by atoms with Gasteiger partial charge in [0.05, 0.1) is 19.3 Å². The summed E-state index contributed by atoms with van der Waals surface area (Å²) in [6.07, 6.45) is 24.1. The van der Waals surface area contributed by atoms with E-state index in [0.717, 1.165) is 25.7 Å². The maximum Gasteiger partial charge on any atom is 0.305 e. The maximum absolute atomic E-state index is 11.1. The fourth-order valence-electron chi connectivity index (χ4n) is 4.27.